The first-order valence-corrected chi connectivity index (χ1v) is 11.9. The normalized spacial score (nSPS) is 14.4. The van der Waals surface area contributed by atoms with Gasteiger partial charge in [0.25, 0.3) is 0 Å². The van der Waals surface area contributed by atoms with E-state index in [1.165, 1.54) is 23.0 Å². The summed E-state index contributed by atoms with van der Waals surface area (Å²) in [7, 11) is 0. The lowest BCUT2D eigenvalue weighted by Crippen LogP contribution is -2.23. The number of rotatable bonds is 2. The van der Waals surface area contributed by atoms with Crippen molar-refractivity contribution in [2.45, 2.75) is 12.8 Å². The highest BCUT2D eigenvalue weighted by molar-refractivity contribution is 6.31. The van der Waals surface area contributed by atoms with Gasteiger partial charge in [0.05, 0.1) is 22.4 Å². The summed E-state index contributed by atoms with van der Waals surface area (Å²) in [5, 5.41) is 5.32. The first-order valence-electron chi connectivity index (χ1n) is 11.5. The first kappa shape index (κ1) is 21.7. The molecule has 1 aliphatic rings. The van der Waals surface area contributed by atoms with Crippen LogP contribution in [0.2, 0.25) is 5.02 Å². The van der Waals surface area contributed by atoms with Crippen molar-refractivity contribution < 1.29 is 13.5 Å². The van der Waals surface area contributed by atoms with E-state index in [9.17, 15) is 4.79 Å². The maximum Gasteiger partial charge on any atom is 0.344 e. The highest BCUT2D eigenvalue weighted by Gasteiger charge is 2.39. The van der Waals surface area contributed by atoms with E-state index < -0.39 is 17.4 Å². The second kappa shape index (κ2) is 7.97. The fourth-order valence-electron chi connectivity index (χ4n) is 4.94. The van der Waals surface area contributed by atoms with Crippen molar-refractivity contribution in [3.8, 4) is 23.0 Å². The van der Waals surface area contributed by atoms with Crippen LogP contribution in [0, 0.1) is 12.7 Å². The quantitative estimate of drug-likeness (QED) is 0.254. The predicted molar refractivity (Wildman–Crippen MR) is 136 cm³/mol. The molecule has 7 nitrogen and oxygen atoms in total. The molecule has 0 amide bonds. The number of ether oxygens (including phenoxy) is 1. The summed E-state index contributed by atoms with van der Waals surface area (Å²) in [6.07, 6.45) is 1.49. The van der Waals surface area contributed by atoms with Gasteiger partial charge in [-0.05, 0) is 36.8 Å². The number of para-hydroxylation sites is 1. The number of hydrogen-bond acceptors (Lipinski definition) is 6. The van der Waals surface area contributed by atoms with E-state index in [-0.39, 0.29) is 27.8 Å². The molecule has 0 spiro atoms. The van der Waals surface area contributed by atoms with Crippen molar-refractivity contribution in [2.75, 3.05) is 0 Å². The molecule has 4 heterocycles. The molecule has 180 valence electrons. The Bertz CT molecular complexity index is 1930. The molecule has 37 heavy (non-hydrogen) atoms. The van der Waals surface area contributed by atoms with Gasteiger partial charge in [0.1, 0.15) is 17.7 Å². The minimum absolute atomic E-state index is 0.105. The Kier molecular flexibility index (Phi) is 4.68. The molecule has 1 aliphatic heterocycles. The van der Waals surface area contributed by atoms with Gasteiger partial charge in [0.2, 0.25) is 5.88 Å². The smallest absolute Gasteiger partial charge is 0.344 e. The molecule has 1 atom stereocenters. The van der Waals surface area contributed by atoms with Crippen LogP contribution >= 0.6 is 11.6 Å². The van der Waals surface area contributed by atoms with Crippen molar-refractivity contribution >= 4 is 28.2 Å². The van der Waals surface area contributed by atoms with Crippen LogP contribution in [0.15, 0.2) is 82.3 Å². The van der Waals surface area contributed by atoms with E-state index in [0.29, 0.717) is 28.0 Å². The Morgan fingerprint density at radius 2 is 1.78 bits per heavy atom. The molecule has 1 unspecified atom stereocenters. The second-order valence-corrected chi connectivity index (χ2v) is 9.19. The minimum atomic E-state index is -1.00. The Labute approximate surface area is 213 Å². The summed E-state index contributed by atoms with van der Waals surface area (Å²) in [6.45, 7) is 1.96. The van der Waals surface area contributed by atoms with Gasteiger partial charge in [-0.15, -0.1) is 5.10 Å². The summed E-state index contributed by atoms with van der Waals surface area (Å²) in [5.41, 5.74) is 2.47. The summed E-state index contributed by atoms with van der Waals surface area (Å²) in [6, 6.07) is 19.1. The van der Waals surface area contributed by atoms with Crippen LogP contribution in [0.1, 0.15) is 28.2 Å². The third-order valence-corrected chi connectivity index (χ3v) is 6.97. The number of fused-ring (bicyclic) bond motifs is 6. The molecule has 6 aromatic rings. The Morgan fingerprint density at radius 1 is 0.973 bits per heavy atom. The third kappa shape index (κ3) is 3.19. The van der Waals surface area contributed by atoms with Crippen molar-refractivity contribution in [1.82, 2.24) is 19.6 Å². The summed E-state index contributed by atoms with van der Waals surface area (Å²) >= 11 is 6.56. The van der Waals surface area contributed by atoms with Gasteiger partial charge in [-0.3, -0.25) is 0 Å². The molecule has 0 radical (unpaired) electrons. The Hall–Kier alpha value is -4.56. The standard InChI is InChI=1S/C28H16ClFN4O3/c1-14-7-2-3-8-15(14)25-32-26-23-21(20-17(29)10-6-11-18(20)30)22-24(37-27(23)31-13-34(26)33-25)16-9-4-5-12-19(16)36-28(22)35/h2-13,21H,1H3. The summed E-state index contributed by atoms with van der Waals surface area (Å²) < 4.78 is 28.8. The van der Waals surface area contributed by atoms with E-state index in [0.717, 1.165) is 11.1 Å². The van der Waals surface area contributed by atoms with E-state index >= 15 is 4.39 Å². The molecule has 0 N–H and O–H groups in total. The second-order valence-electron chi connectivity index (χ2n) is 8.78. The number of halogens is 2. The van der Waals surface area contributed by atoms with Crippen LogP contribution in [0.3, 0.4) is 0 Å². The topological polar surface area (TPSA) is 82.5 Å². The number of aryl methyl sites for hydroxylation is 1. The molecule has 7 rings (SSSR count). The van der Waals surface area contributed by atoms with Crippen molar-refractivity contribution in [1.29, 1.82) is 0 Å². The number of hydrogen-bond donors (Lipinski definition) is 0. The van der Waals surface area contributed by atoms with E-state index in [2.05, 4.69) is 10.1 Å². The lowest BCUT2D eigenvalue weighted by Gasteiger charge is -2.28. The molecule has 0 aliphatic carbocycles. The molecular weight excluding hydrogens is 495 g/mol. The third-order valence-electron chi connectivity index (χ3n) is 6.64. The van der Waals surface area contributed by atoms with Crippen LogP contribution in [-0.4, -0.2) is 19.6 Å². The molecule has 9 heteroatoms. The molecule has 0 fully saturated rings. The highest BCUT2D eigenvalue weighted by Crippen LogP contribution is 2.50. The maximum atomic E-state index is 15.5. The average molecular weight is 511 g/mol. The Balaban J connectivity index is 1.59. The SMILES string of the molecule is Cc1ccccc1-c1nc2c3c(ncn2n1)Oc1c(c(=O)oc2ccccc12)C3c1c(F)cccc1Cl. The molecule has 0 saturated carbocycles. The van der Waals surface area contributed by atoms with Gasteiger partial charge in [0, 0.05) is 16.1 Å². The van der Waals surface area contributed by atoms with Crippen molar-refractivity contribution in [3.05, 3.63) is 117 Å². The zero-order chi connectivity index (χ0) is 25.3. The minimum Gasteiger partial charge on any atom is -0.437 e. The lowest BCUT2D eigenvalue weighted by atomic mass is 9.83. The number of aromatic nitrogens is 4. The first-order chi connectivity index (χ1) is 18.0. The fraction of sp³-hybridized carbons (Fsp3) is 0.0714. The molecule has 3 aromatic heterocycles. The van der Waals surface area contributed by atoms with Gasteiger partial charge in [-0.2, -0.15) is 0 Å². The van der Waals surface area contributed by atoms with Crippen LogP contribution in [0.25, 0.3) is 28.0 Å². The molecular formula is C28H16ClFN4O3. The van der Waals surface area contributed by atoms with Gasteiger partial charge < -0.3 is 9.15 Å². The molecule has 0 bridgehead atoms. The van der Waals surface area contributed by atoms with Crippen LogP contribution in [0.4, 0.5) is 4.39 Å². The van der Waals surface area contributed by atoms with Crippen LogP contribution in [0.5, 0.6) is 11.6 Å². The van der Waals surface area contributed by atoms with Gasteiger partial charge in [0.15, 0.2) is 17.2 Å². The van der Waals surface area contributed by atoms with Crippen molar-refractivity contribution in [2.24, 2.45) is 0 Å². The zero-order valence-corrected chi connectivity index (χ0v) is 20.0. The van der Waals surface area contributed by atoms with Crippen molar-refractivity contribution in [3.63, 3.8) is 0 Å². The molecule has 0 saturated heterocycles. The fourth-order valence-corrected chi connectivity index (χ4v) is 5.21. The zero-order valence-electron chi connectivity index (χ0n) is 19.3. The highest BCUT2D eigenvalue weighted by atomic mass is 35.5. The largest absolute Gasteiger partial charge is 0.437 e. The monoisotopic (exact) mass is 510 g/mol. The number of benzene rings is 3. The van der Waals surface area contributed by atoms with Gasteiger partial charge >= 0.3 is 5.63 Å². The maximum absolute atomic E-state index is 15.5. The summed E-state index contributed by atoms with van der Waals surface area (Å²) in [5.74, 6) is -0.686. The lowest BCUT2D eigenvalue weighted by molar-refractivity contribution is 0.420. The predicted octanol–water partition coefficient (Wildman–Crippen LogP) is 6.28. The van der Waals surface area contributed by atoms with Crippen LogP contribution in [-0.2, 0) is 0 Å². The van der Waals surface area contributed by atoms with Gasteiger partial charge in [-0.25, -0.2) is 23.7 Å². The number of nitrogens with zero attached hydrogens (tertiary/aromatic N) is 4. The Morgan fingerprint density at radius 3 is 2.62 bits per heavy atom. The average Bonchev–Trinajstić information content (AvgIpc) is 3.33. The van der Waals surface area contributed by atoms with Crippen LogP contribution < -0.4 is 10.4 Å². The van der Waals surface area contributed by atoms with E-state index in [1.54, 1.807) is 30.3 Å². The van der Waals surface area contributed by atoms with Gasteiger partial charge in [-0.1, -0.05) is 54.1 Å². The van der Waals surface area contributed by atoms with E-state index in [1.807, 2.05) is 31.2 Å². The van der Waals surface area contributed by atoms with E-state index in [4.69, 9.17) is 25.7 Å². The summed E-state index contributed by atoms with van der Waals surface area (Å²) in [4.78, 5) is 22.7. The molecule has 3 aromatic carbocycles.